The van der Waals surface area contributed by atoms with E-state index in [1.807, 2.05) is 0 Å². The lowest BCUT2D eigenvalue weighted by atomic mass is 10.1. The van der Waals surface area contributed by atoms with Crippen LogP contribution in [0.5, 0.6) is 0 Å². The molecular formula is C14H26O2Si. The first-order valence-corrected chi connectivity index (χ1v) is 9.08. The maximum atomic E-state index is 6.00. The smallest absolute Gasteiger partial charge is 0.365 e. The molecule has 0 radical (unpaired) electrons. The fourth-order valence-corrected chi connectivity index (χ4v) is 5.44. The van der Waals surface area contributed by atoms with Crippen molar-refractivity contribution in [3.05, 3.63) is 22.4 Å². The highest BCUT2D eigenvalue weighted by Gasteiger charge is 2.39. The summed E-state index contributed by atoms with van der Waals surface area (Å²) in [4.78, 5) is 0. The van der Waals surface area contributed by atoms with E-state index in [4.69, 9.17) is 8.85 Å². The Labute approximate surface area is 107 Å². The van der Waals surface area contributed by atoms with E-state index in [9.17, 15) is 0 Å². The molecule has 0 N–H and O–H groups in total. The lowest BCUT2D eigenvalue weighted by Gasteiger charge is -2.29. The van der Waals surface area contributed by atoms with E-state index in [0.717, 1.165) is 26.1 Å². The van der Waals surface area contributed by atoms with E-state index in [0.29, 0.717) is 0 Å². The molecule has 1 aliphatic carbocycles. The maximum absolute atomic E-state index is 6.00. The standard InChI is InChI=1S/C14H26O2Si/c1-6-9-13-12(4)10-11-14(13)17(5,15-7-2)16-8-3/h10H,6-9,11H2,1-5H3. The molecule has 0 saturated heterocycles. The quantitative estimate of drug-likeness (QED) is 0.636. The van der Waals surface area contributed by atoms with E-state index in [1.54, 1.807) is 0 Å². The van der Waals surface area contributed by atoms with Crippen molar-refractivity contribution in [3.8, 4) is 0 Å². The normalized spacial score (nSPS) is 16.6. The first kappa shape index (κ1) is 14.7. The highest BCUT2D eigenvalue weighted by Crippen LogP contribution is 2.36. The zero-order valence-corrected chi connectivity index (χ0v) is 12.9. The van der Waals surface area contributed by atoms with E-state index < -0.39 is 8.56 Å². The predicted molar refractivity (Wildman–Crippen MR) is 75.2 cm³/mol. The Morgan fingerprint density at radius 2 is 1.76 bits per heavy atom. The molecule has 0 amide bonds. The molecule has 1 aliphatic rings. The van der Waals surface area contributed by atoms with E-state index in [-0.39, 0.29) is 0 Å². The molecule has 17 heavy (non-hydrogen) atoms. The van der Waals surface area contributed by atoms with Crippen molar-refractivity contribution in [1.29, 1.82) is 0 Å². The maximum Gasteiger partial charge on any atom is 0.365 e. The monoisotopic (exact) mass is 254 g/mol. The van der Waals surface area contributed by atoms with Gasteiger partial charge in [0.25, 0.3) is 0 Å². The molecule has 0 aromatic heterocycles. The molecule has 0 aromatic carbocycles. The van der Waals surface area contributed by atoms with Gasteiger partial charge in [-0.05, 0) is 50.9 Å². The van der Waals surface area contributed by atoms with Gasteiger partial charge in [0.15, 0.2) is 0 Å². The van der Waals surface area contributed by atoms with Crippen molar-refractivity contribution >= 4 is 8.56 Å². The third-order valence-electron chi connectivity index (χ3n) is 3.34. The zero-order chi connectivity index (χ0) is 12.9. The summed E-state index contributed by atoms with van der Waals surface area (Å²) in [6.45, 7) is 12.2. The summed E-state index contributed by atoms with van der Waals surface area (Å²) >= 11 is 0. The van der Waals surface area contributed by atoms with Crippen LogP contribution in [0.3, 0.4) is 0 Å². The van der Waals surface area contributed by atoms with E-state index in [2.05, 4.69) is 40.3 Å². The Bertz CT molecular complexity index is 312. The second-order valence-corrected chi connectivity index (χ2v) is 7.68. The predicted octanol–water partition coefficient (Wildman–Crippen LogP) is 4.12. The molecule has 0 aliphatic heterocycles. The van der Waals surface area contributed by atoms with Crippen LogP contribution in [0.4, 0.5) is 0 Å². The van der Waals surface area contributed by atoms with E-state index >= 15 is 0 Å². The second kappa shape index (κ2) is 6.52. The molecule has 1 rings (SSSR count). The van der Waals surface area contributed by atoms with Gasteiger partial charge in [-0.1, -0.05) is 25.0 Å². The van der Waals surface area contributed by atoms with Crippen molar-refractivity contribution in [1.82, 2.24) is 0 Å². The Morgan fingerprint density at radius 3 is 2.24 bits per heavy atom. The van der Waals surface area contributed by atoms with Gasteiger partial charge in [0.05, 0.1) is 0 Å². The van der Waals surface area contributed by atoms with Gasteiger partial charge in [-0.3, -0.25) is 0 Å². The van der Waals surface area contributed by atoms with Gasteiger partial charge in [-0.25, -0.2) is 0 Å². The van der Waals surface area contributed by atoms with Gasteiger partial charge in [-0.15, -0.1) is 0 Å². The van der Waals surface area contributed by atoms with Crippen molar-refractivity contribution in [2.45, 2.75) is 53.5 Å². The molecule has 0 aromatic rings. The molecule has 0 fully saturated rings. The lowest BCUT2D eigenvalue weighted by molar-refractivity contribution is 0.197. The van der Waals surface area contributed by atoms with Crippen LogP contribution in [0.15, 0.2) is 22.4 Å². The SMILES string of the molecule is CCCC1=C([Si](C)(OCC)OCC)CC=C1C. The van der Waals surface area contributed by atoms with Gasteiger partial charge in [0.1, 0.15) is 0 Å². The van der Waals surface area contributed by atoms with Gasteiger partial charge in [0, 0.05) is 13.2 Å². The van der Waals surface area contributed by atoms with Crippen LogP contribution < -0.4 is 0 Å². The lowest BCUT2D eigenvalue weighted by Crippen LogP contribution is -2.41. The fourth-order valence-electron chi connectivity index (χ4n) is 2.56. The summed E-state index contributed by atoms with van der Waals surface area (Å²) < 4.78 is 12.0. The average molecular weight is 254 g/mol. The van der Waals surface area contributed by atoms with Crippen molar-refractivity contribution in [2.75, 3.05) is 13.2 Å². The molecule has 0 atom stereocenters. The van der Waals surface area contributed by atoms with Crippen molar-refractivity contribution in [3.63, 3.8) is 0 Å². The van der Waals surface area contributed by atoms with Crippen LogP contribution in [0.25, 0.3) is 0 Å². The van der Waals surface area contributed by atoms with Crippen LogP contribution in [0.2, 0.25) is 6.55 Å². The van der Waals surface area contributed by atoms with Gasteiger partial charge < -0.3 is 8.85 Å². The molecule has 0 unspecified atom stereocenters. The minimum atomic E-state index is -2.13. The highest BCUT2D eigenvalue weighted by atomic mass is 28.4. The minimum absolute atomic E-state index is 0.741. The molecule has 0 bridgehead atoms. The third kappa shape index (κ3) is 3.30. The fraction of sp³-hybridized carbons (Fsp3) is 0.714. The van der Waals surface area contributed by atoms with Crippen molar-refractivity contribution < 1.29 is 8.85 Å². The molecular weight excluding hydrogens is 228 g/mol. The molecule has 0 heterocycles. The topological polar surface area (TPSA) is 18.5 Å². The second-order valence-electron chi connectivity index (χ2n) is 4.61. The summed E-state index contributed by atoms with van der Waals surface area (Å²) in [5, 5.41) is 1.46. The van der Waals surface area contributed by atoms with Crippen LogP contribution in [-0.2, 0) is 8.85 Å². The average Bonchev–Trinajstić information content (AvgIpc) is 2.62. The van der Waals surface area contributed by atoms with Crippen LogP contribution >= 0.6 is 0 Å². The minimum Gasteiger partial charge on any atom is -0.392 e. The number of hydrogen-bond donors (Lipinski definition) is 0. The molecule has 98 valence electrons. The highest BCUT2D eigenvalue weighted by molar-refractivity contribution is 6.74. The zero-order valence-electron chi connectivity index (χ0n) is 11.9. The number of hydrogen-bond acceptors (Lipinski definition) is 2. The Morgan fingerprint density at radius 1 is 1.18 bits per heavy atom. The Kier molecular flexibility index (Phi) is 5.63. The van der Waals surface area contributed by atoms with E-state index in [1.165, 1.54) is 22.8 Å². The van der Waals surface area contributed by atoms with Gasteiger partial charge >= 0.3 is 8.56 Å². The number of rotatable bonds is 7. The molecule has 2 nitrogen and oxygen atoms in total. The molecule has 0 spiro atoms. The molecule has 0 saturated carbocycles. The largest absolute Gasteiger partial charge is 0.392 e. The molecule has 3 heteroatoms. The summed E-state index contributed by atoms with van der Waals surface area (Å²) in [5.41, 5.74) is 2.93. The van der Waals surface area contributed by atoms with Gasteiger partial charge in [-0.2, -0.15) is 0 Å². The summed E-state index contributed by atoms with van der Waals surface area (Å²) in [6.07, 6.45) is 5.70. The van der Waals surface area contributed by atoms with Crippen molar-refractivity contribution in [2.24, 2.45) is 0 Å². The van der Waals surface area contributed by atoms with Crippen LogP contribution in [0, 0.1) is 0 Å². The Balaban J connectivity index is 3.00. The number of allylic oxidation sites excluding steroid dienone is 4. The Hall–Kier alpha value is -0.383. The van der Waals surface area contributed by atoms with Gasteiger partial charge in [0.2, 0.25) is 0 Å². The van der Waals surface area contributed by atoms with Crippen LogP contribution in [0.1, 0.15) is 47.0 Å². The van der Waals surface area contributed by atoms with Crippen LogP contribution in [-0.4, -0.2) is 21.8 Å². The summed E-state index contributed by atoms with van der Waals surface area (Å²) in [5.74, 6) is 0. The first-order chi connectivity index (χ1) is 8.09. The first-order valence-electron chi connectivity index (χ1n) is 6.76. The summed E-state index contributed by atoms with van der Waals surface area (Å²) in [6, 6.07) is 0. The third-order valence-corrected chi connectivity index (χ3v) is 6.62. The summed E-state index contributed by atoms with van der Waals surface area (Å²) in [7, 11) is -2.13.